The molecule has 1 heteroatoms. The van der Waals surface area contributed by atoms with Crippen LogP contribution in [0.15, 0.2) is 0 Å². The van der Waals surface area contributed by atoms with Gasteiger partial charge in [-0.3, -0.25) is 0 Å². The molecule has 1 N–H and O–H groups in total. The van der Waals surface area contributed by atoms with Gasteiger partial charge in [0.15, 0.2) is 0 Å². The van der Waals surface area contributed by atoms with Gasteiger partial charge in [0, 0.05) is 0 Å². The van der Waals surface area contributed by atoms with Crippen LogP contribution >= 0.6 is 0 Å². The van der Waals surface area contributed by atoms with Crippen molar-refractivity contribution in [3.05, 3.63) is 0 Å². The van der Waals surface area contributed by atoms with Gasteiger partial charge >= 0.3 is 0 Å². The van der Waals surface area contributed by atoms with E-state index in [0.717, 1.165) is 12.8 Å². The second-order valence-electron chi connectivity index (χ2n) is 6.45. The van der Waals surface area contributed by atoms with Crippen molar-refractivity contribution in [2.24, 2.45) is 0 Å². The van der Waals surface area contributed by atoms with Crippen molar-refractivity contribution in [1.29, 1.82) is 0 Å². The molecule has 0 saturated carbocycles. The van der Waals surface area contributed by atoms with Gasteiger partial charge in [-0.2, -0.15) is 0 Å². The van der Waals surface area contributed by atoms with Crippen LogP contribution in [-0.2, 0) is 0 Å². The molecule has 0 aromatic carbocycles. The summed E-state index contributed by atoms with van der Waals surface area (Å²) in [6.07, 6.45) is 21.5. The molecule has 20 heavy (non-hydrogen) atoms. The highest BCUT2D eigenvalue weighted by atomic mass is 16.3. The highest BCUT2D eigenvalue weighted by molar-refractivity contribution is 4.53. The minimum absolute atomic E-state index is 0.0488. The van der Waals surface area contributed by atoms with Crippen LogP contribution in [0, 0.1) is 0 Å². The lowest BCUT2D eigenvalue weighted by molar-refractivity contribution is 0.156. The van der Waals surface area contributed by atoms with E-state index in [4.69, 9.17) is 0 Å². The zero-order valence-electron chi connectivity index (χ0n) is 14.3. The van der Waals surface area contributed by atoms with Crippen LogP contribution in [-0.4, -0.2) is 11.2 Å². The largest absolute Gasteiger partial charge is 0.393 e. The van der Waals surface area contributed by atoms with Crippen molar-refractivity contribution in [2.45, 2.75) is 123 Å². The monoisotopic (exact) mass is 284 g/mol. The molecule has 0 rings (SSSR count). The Balaban J connectivity index is 2.96. The number of aliphatic hydroxyl groups excluding tert-OH is 1. The van der Waals surface area contributed by atoms with Gasteiger partial charge in [-0.15, -0.1) is 0 Å². The van der Waals surface area contributed by atoms with Gasteiger partial charge in [-0.25, -0.2) is 0 Å². The van der Waals surface area contributed by atoms with Gasteiger partial charge in [0.25, 0.3) is 0 Å². The molecular formula is C19H40O. The third-order valence-corrected chi connectivity index (χ3v) is 4.36. The van der Waals surface area contributed by atoms with Crippen LogP contribution < -0.4 is 0 Å². The highest BCUT2D eigenvalue weighted by Gasteiger charge is 1.99. The fraction of sp³-hybridized carbons (Fsp3) is 1.00. The van der Waals surface area contributed by atoms with Crippen molar-refractivity contribution < 1.29 is 5.11 Å². The Labute approximate surface area is 128 Å². The standard InChI is InChI=1S/C19H40O/c1-3-5-6-7-8-9-10-11-12-13-14-15-16-17-18-19(20)4-2/h19-20H,3-18H2,1-2H3/t19-/m0/s1. The molecule has 0 fully saturated rings. The van der Waals surface area contributed by atoms with Crippen LogP contribution in [0.2, 0.25) is 0 Å². The van der Waals surface area contributed by atoms with E-state index in [9.17, 15) is 5.11 Å². The molecule has 0 unspecified atom stereocenters. The molecule has 0 radical (unpaired) electrons. The van der Waals surface area contributed by atoms with Crippen molar-refractivity contribution in [1.82, 2.24) is 0 Å². The van der Waals surface area contributed by atoms with Crippen molar-refractivity contribution in [3.8, 4) is 0 Å². The van der Waals surface area contributed by atoms with E-state index >= 15 is 0 Å². The van der Waals surface area contributed by atoms with E-state index in [1.807, 2.05) is 0 Å². The van der Waals surface area contributed by atoms with Crippen molar-refractivity contribution in [2.75, 3.05) is 0 Å². The summed E-state index contributed by atoms with van der Waals surface area (Å²) >= 11 is 0. The maximum absolute atomic E-state index is 9.45. The number of hydrogen-bond acceptors (Lipinski definition) is 1. The first-order chi connectivity index (χ1) is 9.81. The second kappa shape index (κ2) is 17.0. The van der Waals surface area contributed by atoms with Gasteiger partial charge in [-0.05, 0) is 12.8 Å². The SMILES string of the molecule is CCCCCCCCCCCCCCCC[C@@H](O)CC. The van der Waals surface area contributed by atoms with Crippen LogP contribution in [0.5, 0.6) is 0 Å². The number of aliphatic hydroxyl groups is 1. The summed E-state index contributed by atoms with van der Waals surface area (Å²) < 4.78 is 0. The summed E-state index contributed by atoms with van der Waals surface area (Å²) in [5.41, 5.74) is 0. The fourth-order valence-corrected chi connectivity index (χ4v) is 2.78. The average molecular weight is 285 g/mol. The Bertz CT molecular complexity index is 167. The Hall–Kier alpha value is -0.0400. The summed E-state index contributed by atoms with van der Waals surface area (Å²) in [5.74, 6) is 0. The Morgan fingerprint density at radius 2 is 0.900 bits per heavy atom. The fourth-order valence-electron chi connectivity index (χ4n) is 2.78. The second-order valence-corrected chi connectivity index (χ2v) is 6.45. The normalized spacial score (nSPS) is 12.8. The number of rotatable bonds is 16. The molecule has 0 aliphatic carbocycles. The molecule has 0 aromatic heterocycles. The lowest BCUT2D eigenvalue weighted by atomic mass is 10.0. The van der Waals surface area contributed by atoms with Gasteiger partial charge in [-0.1, -0.05) is 104 Å². The third-order valence-electron chi connectivity index (χ3n) is 4.36. The lowest BCUT2D eigenvalue weighted by Crippen LogP contribution is -2.03. The summed E-state index contributed by atoms with van der Waals surface area (Å²) in [6.45, 7) is 4.35. The van der Waals surface area contributed by atoms with Crippen LogP contribution in [0.1, 0.15) is 117 Å². The van der Waals surface area contributed by atoms with Gasteiger partial charge in [0.1, 0.15) is 0 Å². The maximum Gasteiger partial charge on any atom is 0.0537 e. The van der Waals surface area contributed by atoms with E-state index < -0.39 is 0 Å². The molecule has 0 amide bonds. The topological polar surface area (TPSA) is 20.2 Å². The summed E-state index contributed by atoms with van der Waals surface area (Å²) in [7, 11) is 0. The van der Waals surface area contributed by atoms with Crippen LogP contribution in [0.25, 0.3) is 0 Å². The first kappa shape index (κ1) is 20.0. The summed E-state index contributed by atoms with van der Waals surface area (Å²) in [6, 6.07) is 0. The van der Waals surface area contributed by atoms with E-state index in [1.165, 1.54) is 89.9 Å². The molecule has 0 spiro atoms. The summed E-state index contributed by atoms with van der Waals surface area (Å²) in [5, 5.41) is 9.45. The molecule has 0 aliphatic rings. The van der Waals surface area contributed by atoms with Crippen LogP contribution in [0.4, 0.5) is 0 Å². The zero-order valence-corrected chi connectivity index (χ0v) is 14.3. The molecule has 0 bridgehead atoms. The minimum atomic E-state index is -0.0488. The zero-order chi connectivity index (χ0) is 14.9. The molecule has 122 valence electrons. The molecule has 0 aliphatic heterocycles. The number of unbranched alkanes of at least 4 members (excludes halogenated alkanes) is 13. The van der Waals surface area contributed by atoms with Gasteiger partial charge < -0.3 is 5.11 Å². The highest BCUT2D eigenvalue weighted by Crippen LogP contribution is 2.14. The van der Waals surface area contributed by atoms with E-state index in [2.05, 4.69) is 13.8 Å². The van der Waals surface area contributed by atoms with Gasteiger partial charge in [0.2, 0.25) is 0 Å². The minimum Gasteiger partial charge on any atom is -0.393 e. The third kappa shape index (κ3) is 16.0. The predicted octanol–water partition coefficient (Wildman–Crippen LogP) is 6.63. The summed E-state index contributed by atoms with van der Waals surface area (Å²) in [4.78, 5) is 0. The Morgan fingerprint density at radius 1 is 0.550 bits per heavy atom. The number of hydrogen-bond donors (Lipinski definition) is 1. The lowest BCUT2D eigenvalue weighted by Gasteiger charge is -2.06. The Kier molecular flexibility index (Phi) is 17.0. The van der Waals surface area contributed by atoms with E-state index in [0.29, 0.717) is 0 Å². The molecular weight excluding hydrogens is 244 g/mol. The predicted molar refractivity (Wildman–Crippen MR) is 91.2 cm³/mol. The molecule has 0 heterocycles. The molecule has 1 nitrogen and oxygen atoms in total. The average Bonchev–Trinajstić information content (AvgIpc) is 2.47. The molecule has 0 saturated heterocycles. The molecule has 1 atom stereocenters. The maximum atomic E-state index is 9.45. The first-order valence-electron chi connectivity index (χ1n) is 9.49. The van der Waals surface area contributed by atoms with Crippen molar-refractivity contribution >= 4 is 0 Å². The quantitative estimate of drug-likeness (QED) is 0.315. The molecule has 0 aromatic rings. The first-order valence-corrected chi connectivity index (χ1v) is 9.49. The smallest absolute Gasteiger partial charge is 0.0537 e. The van der Waals surface area contributed by atoms with E-state index in [-0.39, 0.29) is 6.10 Å². The van der Waals surface area contributed by atoms with Crippen molar-refractivity contribution in [3.63, 3.8) is 0 Å². The Morgan fingerprint density at radius 3 is 1.25 bits per heavy atom. The van der Waals surface area contributed by atoms with E-state index in [1.54, 1.807) is 0 Å². The van der Waals surface area contributed by atoms with Gasteiger partial charge in [0.05, 0.1) is 6.10 Å². The van der Waals surface area contributed by atoms with Crippen LogP contribution in [0.3, 0.4) is 0 Å².